The fraction of sp³-hybridized carbons (Fsp3) is 0.318. The Morgan fingerprint density at radius 1 is 1.21 bits per heavy atom. The molecular weight excluding hydrogens is 460 g/mol. The Kier molecular flexibility index (Phi) is 5.71. The van der Waals surface area contributed by atoms with Gasteiger partial charge in [0.25, 0.3) is 0 Å². The standard InChI is InChI=1S/C22H24N6O5S/c1-13-11-28(3-4-32-13)12-16-9-24-22(33-16)17-5-14(6-19-18(17)10-25-26-19)15-7-20(21(29)23-8-15)27-34(2,30)31/h5-10,13,27H,3-4,11-12H2,1-2H3,(H,23,29)(H,25,26)/t13-/m1/s1. The van der Waals surface area contributed by atoms with Crippen molar-refractivity contribution in [1.82, 2.24) is 25.1 Å². The van der Waals surface area contributed by atoms with Gasteiger partial charge in [-0.2, -0.15) is 5.10 Å². The summed E-state index contributed by atoms with van der Waals surface area (Å²) in [6, 6.07) is 5.26. The zero-order chi connectivity index (χ0) is 23.9. The van der Waals surface area contributed by atoms with Crippen molar-refractivity contribution >= 4 is 26.6 Å². The van der Waals surface area contributed by atoms with Gasteiger partial charge in [0.1, 0.15) is 11.4 Å². The minimum Gasteiger partial charge on any atom is -0.492 e. The van der Waals surface area contributed by atoms with Crippen molar-refractivity contribution in [1.29, 1.82) is 0 Å². The second-order valence-corrected chi connectivity index (χ2v) is 10.1. The lowest BCUT2D eigenvalue weighted by molar-refractivity contribution is -0.0230. The third-order valence-electron chi connectivity index (χ3n) is 5.54. The van der Waals surface area contributed by atoms with Gasteiger partial charge in [-0.1, -0.05) is 0 Å². The number of hydrogen-bond acceptors (Lipinski definition) is 9. The summed E-state index contributed by atoms with van der Waals surface area (Å²) >= 11 is 0. The van der Waals surface area contributed by atoms with Gasteiger partial charge in [0.15, 0.2) is 0 Å². The van der Waals surface area contributed by atoms with E-state index < -0.39 is 15.9 Å². The van der Waals surface area contributed by atoms with Crippen molar-refractivity contribution in [3.8, 4) is 28.5 Å². The second kappa shape index (κ2) is 8.70. The first-order valence-corrected chi connectivity index (χ1v) is 12.6. The highest BCUT2D eigenvalue weighted by Crippen LogP contribution is 2.35. The van der Waals surface area contributed by atoms with Crippen LogP contribution in [-0.2, 0) is 21.3 Å². The zero-order valence-electron chi connectivity index (χ0n) is 18.6. The Bertz CT molecular complexity index is 1450. The molecule has 0 radical (unpaired) electrons. The van der Waals surface area contributed by atoms with E-state index in [2.05, 4.69) is 29.8 Å². The lowest BCUT2D eigenvalue weighted by atomic mass is 10.0. The van der Waals surface area contributed by atoms with E-state index in [-0.39, 0.29) is 11.8 Å². The van der Waals surface area contributed by atoms with Crippen LogP contribution in [0.1, 0.15) is 12.7 Å². The van der Waals surface area contributed by atoms with Crippen molar-refractivity contribution in [3.63, 3.8) is 0 Å². The van der Waals surface area contributed by atoms with Gasteiger partial charge in [-0.3, -0.25) is 14.7 Å². The van der Waals surface area contributed by atoms with Crippen LogP contribution in [0.2, 0.25) is 0 Å². The van der Waals surface area contributed by atoms with Crippen LogP contribution in [0.15, 0.2) is 41.2 Å². The average Bonchev–Trinajstić information content (AvgIpc) is 3.43. The van der Waals surface area contributed by atoms with Crippen LogP contribution >= 0.6 is 0 Å². The summed E-state index contributed by atoms with van der Waals surface area (Å²) in [4.78, 5) is 10.7. The van der Waals surface area contributed by atoms with Crippen LogP contribution < -0.4 is 4.72 Å². The Morgan fingerprint density at radius 3 is 2.85 bits per heavy atom. The number of fused-ring (bicyclic) bond motifs is 1. The summed E-state index contributed by atoms with van der Waals surface area (Å²) in [5, 5.41) is 17.9. The molecule has 3 N–H and O–H groups in total. The molecule has 0 saturated carbocycles. The topological polar surface area (TPSA) is 146 Å². The van der Waals surface area contributed by atoms with Crippen molar-refractivity contribution in [2.75, 3.05) is 30.7 Å². The molecule has 1 fully saturated rings. The average molecular weight is 485 g/mol. The quantitative estimate of drug-likeness (QED) is 0.376. The van der Waals surface area contributed by atoms with E-state index in [9.17, 15) is 13.5 Å². The number of benzene rings is 1. The molecule has 11 nitrogen and oxygen atoms in total. The van der Waals surface area contributed by atoms with Crippen LogP contribution in [0.3, 0.4) is 0 Å². The number of pyridine rings is 1. The SMILES string of the molecule is C[C@@H]1CN(Cc2cnc(-c3cc(-c4cnc(O)c(NS(C)(=O)=O)c4)cc4[nH]ncc34)o2)CCO1. The Hall–Kier alpha value is -3.48. The van der Waals surface area contributed by atoms with Gasteiger partial charge in [0.05, 0.1) is 43.4 Å². The van der Waals surface area contributed by atoms with Crippen LogP contribution in [0.5, 0.6) is 5.88 Å². The van der Waals surface area contributed by atoms with Crippen molar-refractivity contribution in [2.45, 2.75) is 19.6 Å². The van der Waals surface area contributed by atoms with Gasteiger partial charge in [-0.05, 0) is 30.7 Å². The van der Waals surface area contributed by atoms with E-state index in [1.54, 1.807) is 12.4 Å². The molecule has 178 valence electrons. The Morgan fingerprint density at radius 2 is 2.06 bits per heavy atom. The van der Waals surface area contributed by atoms with Crippen LogP contribution in [0.25, 0.3) is 33.5 Å². The lowest BCUT2D eigenvalue weighted by Gasteiger charge is -2.30. The molecule has 4 heterocycles. The first-order chi connectivity index (χ1) is 16.2. The summed E-state index contributed by atoms with van der Waals surface area (Å²) in [6.07, 6.45) is 6.08. The number of rotatable bonds is 6. The molecule has 1 aromatic carbocycles. The van der Waals surface area contributed by atoms with Gasteiger partial charge in [-0.25, -0.2) is 18.4 Å². The van der Waals surface area contributed by atoms with E-state index in [0.29, 0.717) is 24.6 Å². The van der Waals surface area contributed by atoms with E-state index >= 15 is 0 Å². The second-order valence-electron chi connectivity index (χ2n) is 8.37. The zero-order valence-corrected chi connectivity index (χ0v) is 19.5. The van der Waals surface area contributed by atoms with E-state index in [0.717, 1.165) is 47.1 Å². The summed E-state index contributed by atoms with van der Waals surface area (Å²) in [7, 11) is -3.59. The number of ether oxygens (including phenoxy) is 1. The molecule has 12 heteroatoms. The lowest BCUT2D eigenvalue weighted by Crippen LogP contribution is -2.40. The normalized spacial score (nSPS) is 17.3. The number of anilines is 1. The van der Waals surface area contributed by atoms with E-state index in [4.69, 9.17) is 9.15 Å². The molecule has 5 rings (SSSR count). The largest absolute Gasteiger partial charge is 0.492 e. The van der Waals surface area contributed by atoms with Crippen molar-refractivity contribution in [2.24, 2.45) is 0 Å². The highest BCUT2D eigenvalue weighted by atomic mass is 32.2. The van der Waals surface area contributed by atoms with E-state index in [1.165, 1.54) is 12.3 Å². The number of H-pyrrole nitrogens is 1. The Balaban J connectivity index is 1.50. The van der Waals surface area contributed by atoms with Gasteiger partial charge >= 0.3 is 0 Å². The predicted molar refractivity (Wildman–Crippen MR) is 126 cm³/mol. The Labute approximate surface area is 195 Å². The molecule has 1 atom stereocenters. The van der Waals surface area contributed by atoms with Crippen molar-refractivity contribution < 1.29 is 22.7 Å². The van der Waals surface area contributed by atoms with Gasteiger partial charge in [-0.15, -0.1) is 0 Å². The number of nitrogens with one attached hydrogen (secondary N) is 2. The maximum Gasteiger partial charge on any atom is 0.235 e. The molecular formula is C22H24N6O5S. The fourth-order valence-corrected chi connectivity index (χ4v) is 4.59. The summed E-state index contributed by atoms with van der Waals surface area (Å²) in [5.41, 5.74) is 2.78. The van der Waals surface area contributed by atoms with Crippen molar-refractivity contribution in [3.05, 3.63) is 42.5 Å². The molecule has 0 aliphatic carbocycles. The maximum absolute atomic E-state index is 11.6. The van der Waals surface area contributed by atoms with Gasteiger partial charge < -0.3 is 14.3 Å². The van der Waals surface area contributed by atoms with E-state index in [1.807, 2.05) is 19.1 Å². The molecule has 0 spiro atoms. The first kappa shape index (κ1) is 22.3. The highest BCUT2D eigenvalue weighted by molar-refractivity contribution is 7.92. The summed E-state index contributed by atoms with van der Waals surface area (Å²) in [6.45, 7) is 5.04. The van der Waals surface area contributed by atoms with Crippen LogP contribution in [0.4, 0.5) is 5.69 Å². The smallest absolute Gasteiger partial charge is 0.235 e. The summed E-state index contributed by atoms with van der Waals surface area (Å²) in [5.74, 6) is 0.787. The third-order valence-corrected chi connectivity index (χ3v) is 6.13. The molecule has 1 aliphatic rings. The number of aromatic nitrogens is 4. The number of oxazole rings is 1. The number of aromatic amines is 1. The van der Waals surface area contributed by atoms with Crippen LogP contribution in [-0.4, -0.2) is 70.6 Å². The number of nitrogens with zero attached hydrogens (tertiary/aromatic N) is 4. The fourth-order valence-electron chi connectivity index (χ4n) is 4.04. The molecule has 0 bridgehead atoms. The van der Waals surface area contributed by atoms with Gasteiger partial charge in [0.2, 0.25) is 21.8 Å². The number of hydrogen-bond donors (Lipinski definition) is 3. The first-order valence-electron chi connectivity index (χ1n) is 10.7. The summed E-state index contributed by atoms with van der Waals surface area (Å²) < 4.78 is 37.3. The minimum absolute atomic E-state index is 0.00981. The predicted octanol–water partition coefficient (Wildman–Crippen LogP) is 2.58. The molecule has 4 aromatic rings. The highest BCUT2D eigenvalue weighted by Gasteiger charge is 2.20. The number of aromatic hydroxyl groups is 1. The minimum atomic E-state index is -3.59. The molecule has 1 saturated heterocycles. The monoisotopic (exact) mass is 484 g/mol. The van der Waals surface area contributed by atoms with Crippen LogP contribution in [0, 0.1) is 0 Å². The van der Waals surface area contributed by atoms with Gasteiger partial charge in [0, 0.05) is 35.8 Å². The number of morpholine rings is 1. The molecule has 0 unspecified atom stereocenters. The molecule has 34 heavy (non-hydrogen) atoms. The third kappa shape index (κ3) is 4.74. The molecule has 3 aromatic heterocycles. The number of sulfonamides is 1. The molecule has 0 amide bonds. The maximum atomic E-state index is 11.6. The molecule has 1 aliphatic heterocycles.